The fourth-order valence-electron chi connectivity index (χ4n) is 2.32. The standard InChI is InChI=1S/C17H13F2NO/c1-2-14-17(19)16(10-3-5-11(18)6-4-10)13-8-7-12(20)9-15(13)21-14/h2-9H,20H2,1H3/b14-2-. The minimum Gasteiger partial charge on any atom is -0.454 e. The van der Waals surface area contributed by atoms with Crippen LogP contribution in [0.4, 0.5) is 14.5 Å². The number of nitrogen functional groups attached to an aromatic ring is 1. The lowest BCUT2D eigenvalue weighted by molar-refractivity contribution is 0.395. The van der Waals surface area contributed by atoms with E-state index in [1.54, 1.807) is 43.3 Å². The molecular weight excluding hydrogens is 272 g/mol. The normalized spacial score (nSPS) is 15.9. The third kappa shape index (κ3) is 2.29. The third-order valence-corrected chi connectivity index (χ3v) is 3.33. The number of anilines is 1. The van der Waals surface area contributed by atoms with Gasteiger partial charge < -0.3 is 10.5 Å². The molecule has 0 radical (unpaired) electrons. The van der Waals surface area contributed by atoms with Crippen LogP contribution in [0.3, 0.4) is 0 Å². The Labute approximate surface area is 121 Å². The van der Waals surface area contributed by atoms with Gasteiger partial charge in [0.15, 0.2) is 11.6 Å². The van der Waals surface area contributed by atoms with Crippen molar-refractivity contribution < 1.29 is 13.5 Å². The van der Waals surface area contributed by atoms with Crippen molar-refractivity contribution in [2.24, 2.45) is 0 Å². The lowest BCUT2D eigenvalue weighted by atomic mass is 9.93. The summed E-state index contributed by atoms with van der Waals surface area (Å²) in [7, 11) is 0. The number of benzene rings is 2. The number of nitrogens with two attached hydrogens (primary N) is 1. The van der Waals surface area contributed by atoms with E-state index < -0.39 is 5.83 Å². The van der Waals surface area contributed by atoms with Crippen LogP contribution < -0.4 is 10.5 Å². The average molecular weight is 285 g/mol. The first-order chi connectivity index (χ1) is 10.1. The zero-order valence-electron chi connectivity index (χ0n) is 11.4. The smallest absolute Gasteiger partial charge is 0.173 e. The first kappa shape index (κ1) is 13.4. The van der Waals surface area contributed by atoms with Gasteiger partial charge in [0.05, 0.1) is 0 Å². The van der Waals surface area contributed by atoms with Gasteiger partial charge in [-0.25, -0.2) is 8.78 Å². The van der Waals surface area contributed by atoms with E-state index in [4.69, 9.17) is 10.5 Å². The molecule has 0 fully saturated rings. The number of ether oxygens (including phenoxy) is 1. The van der Waals surface area contributed by atoms with Crippen LogP contribution in [0, 0.1) is 5.82 Å². The number of allylic oxidation sites excluding steroid dienone is 2. The number of hydrogen-bond acceptors (Lipinski definition) is 2. The zero-order valence-corrected chi connectivity index (χ0v) is 11.4. The van der Waals surface area contributed by atoms with Gasteiger partial charge in [-0.2, -0.15) is 0 Å². The Morgan fingerprint density at radius 2 is 1.76 bits per heavy atom. The van der Waals surface area contributed by atoms with Gasteiger partial charge in [0, 0.05) is 22.9 Å². The van der Waals surface area contributed by atoms with Gasteiger partial charge in [-0.05, 0) is 42.8 Å². The molecule has 1 heterocycles. The summed E-state index contributed by atoms with van der Waals surface area (Å²) in [5, 5.41) is 0. The maximum Gasteiger partial charge on any atom is 0.173 e. The van der Waals surface area contributed by atoms with Gasteiger partial charge in [0.25, 0.3) is 0 Å². The van der Waals surface area contributed by atoms with E-state index in [0.29, 0.717) is 28.1 Å². The van der Waals surface area contributed by atoms with Crippen molar-refractivity contribution in [2.45, 2.75) is 6.92 Å². The lowest BCUT2D eigenvalue weighted by Crippen LogP contribution is -2.08. The highest BCUT2D eigenvalue weighted by molar-refractivity contribution is 5.88. The molecule has 2 nitrogen and oxygen atoms in total. The first-order valence-electron chi connectivity index (χ1n) is 6.50. The first-order valence-corrected chi connectivity index (χ1v) is 6.50. The monoisotopic (exact) mass is 285 g/mol. The maximum absolute atomic E-state index is 14.6. The molecule has 0 atom stereocenters. The van der Waals surface area contributed by atoms with E-state index >= 15 is 0 Å². The molecule has 21 heavy (non-hydrogen) atoms. The van der Waals surface area contributed by atoms with Gasteiger partial charge in [-0.15, -0.1) is 0 Å². The molecule has 0 saturated heterocycles. The lowest BCUT2D eigenvalue weighted by Gasteiger charge is -2.22. The van der Waals surface area contributed by atoms with Crippen molar-refractivity contribution >= 4 is 11.3 Å². The summed E-state index contributed by atoms with van der Waals surface area (Å²) in [6.45, 7) is 1.69. The van der Waals surface area contributed by atoms with Crippen LogP contribution in [0.1, 0.15) is 18.1 Å². The summed E-state index contributed by atoms with van der Waals surface area (Å²) in [6.07, 6.45) is 1.55. The topological polar surface area (TPSA) is 35.2 Å². The highest BCUT2D eigenvalue weighted by Crippen LogP contribution is 2.42. The Morgan fingerprint density at radius 1 is 1.05 bits per heavy atom. The molecule has 0 unspecified atom stereocenters. The molecule has 106 valence electrons. The van der Waals surface area contributed by atoms with Crippen molar-refractivity contribution in [3.05, 3.63) is 77.1 Å². The molecule has 2 aromatic rings. The largest absolute Gasteiger partial charge is 0.454 e. The Balaban J connectivity index is 2.26. The molecule has 0 spiro atoms. The highest BCUT2D eigenvalue weighted by atomic mass is 19.1. The summed E-state index contributed by atoms with van der Waals surface area (Å²) in [5.74, 6) is -0.215. The highest BCUT2D eigenvalue weighted by Gasteiger charge is 2.25. The van der Waals surface area contributed by atoms with Gasteiger partial charge in [0.2, 0.25) is 0 Å². The second kappa shape index (κ2) is 5.05. The van der Waals surface area contributed by atoms with Crippen LogP contribution in [0.15, 0.2) is 60.1 Å². The Morgan fingerprint density at radius 3 is 2.43 bits per heavy atom. The molecule has 0 aromatic heterocycles. The fourth-order valence-corrected chi connectivity index (χ4v) is 2.32. The number of halogens is 2. The Kier molecular flexibility index (Phi) is 3.22. The quantitative estimate of drug-likeness (QED) is 0.786. The molecule has 0 saturated carbocycles. The van der Waals surface area contributed by atoms with Crippen LogP contribution in [0.2, 0.25) is 0 Å². The van der Waals surface area contributed by atoms with Crippen LogP contribution >= 0.6 is 0 Å². The molecule has 0 aliphatic carbocycles. The van der Waals surface area contributed by atoms with Crippen molar-refractivity contribution in [2.75, 3.05) is 5.73 Å². The summed E-state index contributed by atoms with van der Waals surface area (Å²) in [6, 6.07) is 10.7. The molecule has 4 heteroatoms. The Hall–Kier alpha value is -2.62. The minimum atomic E-state index is -0.471. The Bertz CT molecular complexity index is 761. The van der Waals surface area contributed by atoms with E-state index in [1.807, 2.05) is 0 Å². The van der Waals surface area contributed by atoms with E-state index in [9.17, 15) is 8.78 Å². The summed E-state index contributed by atoms with van der Waals surface area (Å²) in [4.78, 5) is 0. The number of hydrogen-bond donors (Lipinski definition) is 1. The number of fused-ring (bicyclic) bond motifs is 1. The molecule has 2 aromatic carbocycles. The summed E-state index contributed by atoms with van der Waals surface area (Å²) >= 11 is 0. The predicted octanol–water partition coefficient (Wildman–Crippen LogP) is 4.43. The molecule has 1 aliphatic heterocycles. The van der Waals surface area contributed by atoms with E-state index in [0.717, 1.165) is 0 Å². The average Bonchev–Trinajstić information content (AvgIpc) is 2.48. The molecule has 0 bridgehead atoms. The van der Waals surface area contributed by atoms with Gasteiger partial charge in [0.1, 0.15) is 11.6 Å². The summed E-state index contributed by atoms with van der Waals surface area (Å²) in [5.41, 5.74) is 7.84. The molecule has 0 amide bonds. The van der Waals surface area contributed by atoms with Crippen LogP contribution in [0.25, 0.3) is 5.57 Å². The van der Waals surface area contributed by atoms with Gasteiger partial charge >= 0.3 is 0 Å². The third-order valence-electron chi connectivity index (χ3n) is 3.33. The van der Waals surface area contributed by atoms with Crippen molar-refractivity contribution in [3.8, 4) is 5.75 Å². The summed E-state index contributed by atoms with van der Waals surface area (Å²) < 4.78 is 33.2. The van der Waals surface area contributed by atoms with Gasteiger partial charge in [-0.1, -0.05) is 12.1 Å². The van der Waals surface area contributed by atoms with E-state index in [2.05, 4.69) is 0 Å². The maximum atomic E-state index is 14.6. The second-order valence-electron chi connectivity index (χ2n) is 4.71. The molecule has 1 aliphatic rings. The van der Waals surface area contributed by atoms with E-state index in [-0.39, 0.29) is 11.6 Å². The van der Waals surface area contributed by atoms with Crippen LogP contribution in [-0.4, -0.2) is 0 Å². The van der Waals surface area contributed by atoms with Crippen LogP contribution in [-0.2, 0) is 0 Å². The van der Waals surface area contributed by atoms with Crippen molar-refractivity contribution in [3.63, 3.8) is 0 Å². The van der Waals surface area contributed by atoms with Crippen LogP contribution in [0.5, 0.6) is 5.75 Å². The fraction of sp³-hybridized carbons (Fsp3) is 0.0588. The minimum absolute atomic E-state index is 0.132. The predicted molar refractivity (Wildman–Crippen MR) is 78.8 cm³/mol. The van der Waals surface area contributed by atoms with Crippen molar-refractivity contribution in [1.29, 1.82) is 0 Å². The molecular formula is C17H13F2NO. The molecule has 2 N–H and O–H groups in total. The van der Waals surface area contributed by atoms with Crippen molar-refractivity contribution in [1.82, 2.24) is 0 Å². The SMILES string of the molecule is C/C=C1\Oc2cc(N)ccc2C(c2ccc(F)cc2)=C1F. The second-order valence-corrected chi connectivity index (χ2v) is 4.71. The molecule has 3 rings (SSSR count). The van der Waals surface area contributed by atoms with E-state index in [1.165, 1.54) is 12.1 Å². The van der Waals surface area contributed by atoms with Gasteiger partial charge in [-0.3, -0.25) is 0 Å². The zero-order chi connectivity index (χ0) is 15.0. The number of rotatable bonds is 1.